The molecule has 0 aliphatic carbocycles. The molecule has 0 spiro atoms. The summed E-state index contributed by atoms with van der Waals surface area (Å²) in [5.41, 5.74) is 1.94. The molecule has 2 heterocycles. The lowest BCUT2D eigenvalue weighted by Gasteiger charge is -2.25. The number of rotatable bonds is 2. The first-order valence-corrected chi connectivity index (χ1v) is 7.01. The highest BCUT2D eigenvalue weighted by molar-refractivity contribution is 5.99. The van der Waals surface area contributed by atoms with Crippen LogP contribution in [0.5, 0.6) is 5.75 Å². The number of ether oxygens (including phenoxy) is 1. The van der Waals surface area contributed by atoms with Crippen molar-refractivity contribution in [3.8, 4) is 5.75 Å². The molecule has 0 saturated carbocycles. The van der Waals surface area contributed by atoms with Gasteiger partial charge in [0.25, 0.3) is 0 Å². The van der Waals surface area contributed by atoms with Crippen LogP contribution in [-0.2, 0) is 4.79 Å². The number of para-hydroxylation sites is 1. The minimum Gasteiger partial charge on any atom is -0.489 e. The van der Waals surface area contributed by atoms with Gasteiger partial charge in [0.2, 0.25) is 5.91 Å². The molecule has 1 N–H and O–H groups in total. The van der Waals surface area contributed by atoms with Crippen molar-refractivity contribution in [2.45, 2.75) is 45.3 Å². The fourth-order valence-corrected chi connectivity index (χ4v) is 3.01. The first-order valence-electron chi connectivity index (χ1n) is 7.01. The number of benzene rings is 1. The summed E-state index contributed by atoms with van der Waals surface area (Å²) in [5, 5.41) is 3.02. The van der Waals surface area contributed by atoms with E-state index >= 15 is 0 Å². The smallest absolute Gasteiger partial charge is 0.226 e. The quantitative estimate of drug-likeness (QED) is 0.889. The van der Waals surface area contributed by atoms with E-state index in [1.54, 1.807) is 0 Å². The van der Waals surface area contributed by atoms with Crippen molar-refractivity contribution in [1.82, 2.24) is 0 Å². The van der Waals surface area contributed by atoms with E-state index in [0.29, 0.717) is 12.5 Å². The molecule has 2 aliphatic heterocycles. The number of hydrogen-bond donors (Lipinski definition) is 1. The SMILES string of the molecule is CC(C)Oc1cccc2c1NC(=O)CC1CCCN21. The van der Waals surface area contributed by atoms with Crippen molar-refractivity contribution < 1.29 is 9.53 Å². The number of amides is 1. The van der Waals surface area contributed by atoms with Crippen molar-refractivity contribution in [1.29, 1.82) is 0 Å². The van der Waals surface area contributed by atoms with E-state index in [0.717, 1.165) is 36.5 Å². The second kappa shape index (κ2) is 4.76. The highest BCUT2D eigenvalue weighted by Crippen LogP contribution is 2.41. The second-order valence-electron chi connectivity index (χ2n) is 5.56. The lowest BCUT2D eigenvalue weighted by atomic mass is 10.1. The van der Waals surface area contributed by atoms with Crippen molar-refractivity contribution >= 4 is 17.3 Å². The van der Waals surface area contributed by atoms with Gasteiger partial charge in [-0.15, -0.1) is 0 Å². The average molecular weight is 260 g/mol. The molecular formula is C15H20N2O2. The van der Waals surface area contributed by atoms with Crippen molar-refractivity contribution in [3.05, 3.63) is 18.2 Å². The molecule has 2 aliphatic rings. The predicted octanol–water partition coefficient (Wildman–Crippen LogP) is 2.78. The van der Waals surface area contributed by atoms with Gasteiger partial charge in [-0.1, -0.05) is 6.07 Å². The maximum absolute atomic E-state index is 12.0. The van der Waals surface area contributed by atoms with Crippen LogP contribution in [0.15, 0.2) is 18.2 Å². The van der Waals surface area contributed by atoms with Crippen molar-refractivity contribution in [2.24, 2.45) is 0 Å². The molecular weight excluding hydrogens is 240 g/mol. The topological polar surface area (TPSA) is 41.6 Å². The number of nitrogens with zero attached hydrogens (tertiary/aromatic N) is 1. The lowest BCUT2D eigenvalue weighted by molar-refractivity contribution is -0.116. The summed E-state index contributed by atoms with van der Waals surface area (Å²) in [7, 11) is 0. The fourth-order valence-electron chi connectivity index (χ4n) is 3.01. The van der Waals surface area contributed by atoms with E-state index < -0.39 is 0 Å². The van der Waals surface area contributed by atoms with Crippen LogP contribution in [0.2, 0.25) is 0 Å². The molecule has 4 heteroatoms. The van der Waals surface area contributed by atoms with Gasteiger partial charge in [-0.25, -0.2) is 0 Å². The molecule has 1 aromatic rings. The summed E-state index contributed by atoms with van der Waals surface area (Å²) in [6.45, 7) is 5.02. The number of nitrogens with one attached hydrogen (secondary N) is 1. The minimum atomic E-state index is 0.0930. The van der Waals surface area contributed by atoms with Crippen LogP contribution in [0, 0.1) is 0 Å². The Kier molecular flexibility index (Phi) is 3.09. The van der Waals surface area contributed by atoms with E-state index in [1.807, 2.05) is 26.0 Å². The Morgan fingerprint density at radius 3 is 3.05 bits per heavy atom. The van der Waals surface area contributed by atoms with Gasteiger partial charge in [-0.2, -0.15) is 0 Å². The van der Waals surface area contributed by atoms with E-state index in [9.17, 15) is 4.79 Å². The number of carbonyl (C=O) groups excluding carboxylic acids is 1. The molecule has 1 fully saturated rings. The normalized spacial score (nSPS) is 21.7. The monoisotopic (exact) mass is 260 g/mol. The van der Waals surface area contributed by atoms with Gasteiger partial charge in [0, 0.05) is 19.0 Å². The summed E-state index contributed by atoms with van der Waals surface area (Å²) < 4.78 is 5.82. The van der Waals surface area contributed by atoms with Gasteiger partial charge >= 0.3 is 0 Å². The zero-order chi connectivity index (χ0) is 13.4. The Morgan fingerprint density at radius 1 is 1.42 bits per heavy atom. The molecule has 4 nitrogen and oxygen atoms in total. The summed E-state index contributed by atoms with van der Waals surface area (Å²) in [6.07, 6.45) is 2.94. The van der Waals surface area contributed by atoms with Gasteiger partial charge in [0.1, 0.15) is 11.4 Å². The molecule has 19 heavy (non-hydrogen) atoms. The van der Waals surface area contributed by atoms with Crippen LogP contribution in [0.4, 0.5) is 11.4 Å². The molecule has 1 unspecified atom stereocenters. The predicted molar refractivity (Wildman–Crippen MR) is 75.8 cm³/mol. The number of fused-ring (bicyclic) bond motifs is 3. The first-order chi connectivity index (χ1) is 9.15. The van der Waals surface area contributed by atoms with Crippen LogP contribution < -0.4 is 15.0 Å². The Labute approximate surface area is 113 Å². The number of hydrogen-bond acceptors (Lipinski definition) is 3. The summed E-state index contributed by atoms with van der Waals surface area (Å²) in [4.78, 5) is 14.4. The first kappa shape index (κ1) is 12.3. The summed E-state index contributed by atoms with van der Waals surface area (Å²) >= 11 is 0. The Balaban J connectivity index is 2.05. The molecule has 1 aromatic carbocycles. The van der Waals surface area contributed by atoms with E-state index in [2.05, 4.69) is 16.3 Å². The highest BCUT2D eigenvalue weighted by atomic mass is 16.5. The average Bonchev–Trinajstić information content (AvgIpc) is 2.73. The Morgan fingerprint density at radius 2 is 2.26 bits per heavy atom. The minimum absolute atomic E-state index is 0.0930. The number of carbonyl (C=O) groups is 1. The molecule has 0 aromatic heterocycles. The van der Waals surface area contributed by atoms with Crippen LogP contribution >= 0.6 is 0 Å². The molecule has 3 rings (SSSR count). The molecule has 0 radical (unpaired) electrons. The van der Waals surface area contributed by atoms with Crippen LogP contribution in [0.1, 0.15) is 33.1 Å². The lowest BCUT2D eigenvalue weighted by Crippen LogP contribution is -2.29. The van der Waals surface area contributed by atoms with E-state index in [4.69, 9.17) is 4.74 Å². The third kappa shape index (κ3) is 2.27. The Bertz CT molecular complexity index is 499. The molecule has 1 atom stereocenters. The number of anilines is 2. The maximum Gasteiger partial charge on any atom is 0.226 e. The molecule has 1 amide bonds. The van der Waals surface area contributed by atoms with Crippen LogP contribution in [0.25, 0.3) is 0 Å². The fraction of sp³-hybridized carbons (Fsp3) is 0.533. The van der Waals surface area contributed by atoms with Crippen molar-refractivity contribution in [3.63, 3.8) is 0 Å². The second-order valence-corrected chi connectivity index (χ2v) is 5.56. The van der Waals surface area contributed by atoms with Crippen LogP contribution in [0.3, 0.4) is 0 Å². The highest BCUT2D eigenvalue weighted by Gasteiger charge is 2.32. The molecule has 0 bridgehead atoms. The van der Waals surface area contributed by atoms with Crippen LogP contribution in [-0.4, -0.2) is 24.6 Å². The van der Waals surface area contributed by atoms with Gasteiger partial charge in [-0.05, 0) is 38.8 Å². The molecule has 1 saturated heterocycles. The zero-order valence-corrected chi connectivity index (χ0v) is 11.5. The van der Waals surface area contributed by atoms with Gasteiger partial charge < -0.3 is 15.0 Å². The van der Waals surface area contributed by atoms with Gasteiger partial charge in [0.15, 0.2) is 0 Å². The van der Waals surface area contributed by atoms with E-state index in [-0.39, 0.29) is 12.0 Å². The van der Waals surface area contributed by atoms with E-state index in [1.165, 1.54) is 0 Å². The maximum atomic E-state index is 12.0. The third-order valence-electron chi connectivity index (χ3n) is 3.74. The summed E-state index contributed by atoms with van der Waals surface area (Å²) in [5.74, 6) is 0.865. The zero-order valence-electron chi connectivity index (χ0n) is 11.5. The summed E-state index contributed by atoms with van der Waals surface area (Å²) in [6, 6.07) is 6.35. The Hall–Kier alpha value is -1.71. The molecule has 102 valence electrons. The third-order valence-corrected chi connectivity index (χ3v) is 3.74. The van der Waals surface area contributed by atoms with Gasteiger partial charge in [0.05, 0.1) is 11.8 Å². The van der Waals surface area contributed by atoms with Crippen molar-refractivity contribution in [2.75, 3.05) is 16.8 Å². The standard InChI is InChI=1S/C15H20N2O2/c1-10(2)19-13-7-3-6-12-15(13)16-14(18)9-11-5-4-8-17(11)12/h3,6-7,10-11H,4-5,8-9H2,1-2H3,(H,16,18). The largest absolute Gasteiger partial charge is 0.489 e. The van der Waals surface area contributed by atoms with Gasteiger partial charge in [-0.3, -0.25) is 4.79 Å².